The molecule has 0 aliphatic carbocycles. The van der Waals surface area contributed by atoms with E-state index in [-0.39, 0.29) is 18.4 Å². The summed E-state index contributed by atoms with van der Waals surface area (Å²) in [5.41, 5.74) is 3.70. The zero-order chi connectivity index (χ0) is 18.6. The Hall–Kier alpha value is -1.40. The number of sulfonamides is 1. The molecule has 0 unspecified atom stereocenters. The van der Waals surface area contributed by atoms with Crippen molar-refractivity contribution in [1.29, 1.82) is 0 Å². The van der Waals surface area contributed by atoms with Gasteiger partial charge in [0.25, 0.3) is 0 Å². The van der Waals surface area contributed by atoms with Gasteiger partial charge in [0, 0.05) is 19.1 Å². The van der Waals surface area contributed by atoms with Gasteiger partial charge in [-0.3, -0.25) is 4.90 Å². The topological polar surface area (TPSA) is 49.4 Å². The number of nitrogens with zero attached hydrogens (tertiary/aromatic N) is 1. The molecule has 0 radical (unpaired) electrons. The third-order valence-electron chi connectivity index (χ3n) is 5.05. The molecule has 0 aromatic heterocycles. The Bertz CT molecular complexity index is 810. The third-order valence-corrected chi connectivity index (χ3v) is 5.83. The van der Waals surface area contributed by atoms with Crippen molar-refractivity contribution < 1.29 is 8.42 Å². The van der Waals surface area contributed by atoms with Gasteiger partial charge in [-0.25, -0.2) is 13.1 Å². The quantitative estimate of drug-likeness (QED) is 0.782. The van der Waals surface area contributed by atoms with Crippen molar-refractivity contribution in [3.63, 3.8) is 0 Å². The monoisotopic (exact) mass is 408 g/mol. The summed E-state index contributed by atoms with van der Waals surface area (Å²) in [6.45, 7) is 5.04. The maximum absolute atomic E-state index is 11.4. The van der Waals surface area contributed by atoms with Crippen LogP contribution in [-0.4, -0.2) is 32.7 Å². The number of likely N-dealkylation sites (tertiary alicyclic amines) is 1. The molecule has 1 aliphatic rings. The normalized spacial score (nSPS) is 19.3. The molecule has 6 heteroatoms. The second-order valence-electron chi connectivity index (χ2n) is 7.34. The zero-order valence-corrected chi connectivity index (χ0v) is 17.6. The second kappa shape index (κ2) is 9.69. The smallest absolute Gasteiger partial charge is 0.209 e. The van der Waals surface area contributed by atoms with Crippen LogP contribution in [0.1, 0.15) is 48.4 Å². The second-order valence-corrected chi connectivity index (χ2v) is 9.12. The number of hydrogen-bond donors (Lipinski definition) is 1. The van der Waals surface area contributed by atoms with Crippen molar-refractivity contribution in [2.75, 3.05) is 19.3 Å². The van der Waals surface area contributed by atoms with Crippen molar-refractivity contribution in [2.45, 2.75) is 38.3 Å². The molecule has 0 bridgehead atoms. The number of benzene rings is 2. The fraction of sp³-hybridized carbons (Fsp3) is 0.429. The van der Waals surface area contributed by atoms with E-state index in [1.54, 1.807) is 0 Å². The molecule has 27 heavy (non-hydrogen) atoms. The van der Waals surface area contributed by atoms with Gasteiger partial charge in [0.1, 0.15) is 0 Å². The van der Waals surface area contributed by atoms with Crippen molar-refractivity contribution in [2.24, 2.45) is 0 Å². The van der Waals surface area contributed by atoms with Crippen LogP contribution in [0.15, 0.2) is 54.6 Å². The fourth-order valence-electron chi connectivity index (χ4n) is 3.76. The van der Waals surface area contributed by atoms with E-state index in [1.165, 1.54) is 30.2 Å². The van der Waals surface area contributed by atoms with E-state index in [1.807, 2.05) is 19.1 Å². The highest BCUT2D eigenvalue weighted by atomic mass is 35.5. The average molecular weight is 409 g/mol. The number of halogens is 1. The molecule has 3 rings (SSSR count). The lowest BCUT2D eigenvalue weighted by atomic mass is 9.90. The van der Waals surface area contributed by atoms with Crippen LogP contribution in [0.2, 0.25) is 0 Å². The molecular formula is C21H29ClN2O2S. The van der Waals surface area contributed by atoms with Crippen molar-refractivity contribution in [3.8, 4) is 0 Å². The highest BCUT2D eigenvalue weighted by molar-refractivity contribution is 7.88. The average Bonchev–Trinajstić information content (AvgIpc) is 2.62. The van der Waals surface area contributed by atoms with Crippen LogP contribution in [-0.2, 0) is 16.6 Å². The summed E-state index contributed by atoms with van der Waals surface area (Å²) >= 11 is 0. The van der Waals surface area contributed by atoms with Crippen LogP contribution in [0, 0.1) is 0 Å². The predicted molar refractivity (Wildman–Crippen MR) is 114 cm³/mol. The van der Waals surface area contributed by atoms with Gasteiger partial charge in [0.2, 0.25) is 10.0 Å². The van der Waals surface area contributed by atoms with Crippen molar-refractivity contribution in [1.82, 2.24) is 9.62 Å². The Morgan fingerprint density at radius 3 is 2.41 bits per heavy atom. The van der Waals surface area contributed by atoms with E-state index in [2.05, 4.69) is 52.1 Å². The molecule has 0 amide bonds. The molecule has 2 aromatic carbocycles. The summed E-state index contributed by atoms with van der Waals surface area (Å²) < 4.78 is 25.4. The maximum Gasteiger partial charge on any atom is 0.209 e. The molecular weight excluding hydrogens is 380 g/mol. The standard InChI is InChI=1S/C21H28N2O2S.ClH/c1-17(22-26(2,24)25)19-12-10-18(11-13-19)15-23-14-6-9-21(16-23)20-7-4-3-5-8-20;/h3-5,7-8,10-13,17,21-22H,6,9,14-16H2,1-2H3;1H/t17-,21-;/m1./s1. The molecule has 1 saturated heterocycles. The van der Waals surface area contributed by atoms with Crippen LogP contribution >= 0.6 is 12.4 Å². The Kier molecular flexibility index (Phi) is 7.86. The minimum Gasteiger partial charge on any atom is -0.298 e. The maximum atomic E-state index is 11.4. The summed E-state index contributed by atoms with van der Waals surface area (Å²) in [6, 6.07) is 18.9. The highest BCUT2D eigenvalue weighted by Crippen LogP contribution is 2.27. The number of nitrogens with one attached hydrogen (secondary N) is 1. The molecule has 4 nitrogen and oxygen atoms in total. The summed E-state index contributed by atoms with van der Waals surface area (Å²) in [6.07, 6.45) is 3.68. The summed E-state index contributed by atoms with van der Waals surface area (Å²) in [7, 11) is -3.20. The van der Waals surface area contributed by atoms with Crippen LogP contribution in [0.4, 0.5) is 0 Å². The number of piperidine rings is 1. The Balaban J connectivity index is 0.00000261. The van der Waals surface area contributed by atoms with E-state index in [0.29, 0.717) is 5.92 Å². The molecule has 1 N–H and O–H groups in total. The lowest BCUT2D eigenvalue weighted by Crippen LogP contribution is -2.33. The van der Waals surface area contributed by atoms with Crippen molar-refractivity contribution >= 4 is 22.4 Å². The SMILES string of the molecule is C[C@@H](NS(C)(=O)=O)c1ccc(CN2CCC[C@@H](c3ccccc3)C2)cc1.Cl. The van der Waals surface area contributed by atoms with Crippen LogP contribution in [0.25, 0.3) is 0 Å². The van der Waals surface area contributed by atoms with E-state index < -0.39 is 10.0 Å². The highest BCUT2D eigenvalue weighted by Gasteiger charge is 2.21. The van der Waals surface area contributed by atoms with Gasteiger partial charge in [0.05, 0.1) is 6.26 Å². The van der Waals surface area contributed by atoms with E-state index in [4.69, 9.17) is 0 Å². The molecule has 148 valence electrons. The Morgan fingerprint density at radius 1 is 1.11 bits per heavy atom. The summed E-state index contributed by atoms with van der Waals surface area (Å²) in [4.78, 5) is 2.52. The van der Waals surface area contributed by atoms with Gasteiger partial charge in [-0.15, -0.1) is 12.4 Å². The first-order valence-electron chi connectivity index (χ1n) is 9.24. The first-order valence-corrected chi connectivity index (χ1v) is 11.1. The van der Waals surface area contributed by atoms with Gasteiger partial charge in [-0.2, -0.15) is 0 Å². The fourth-order valence-corrected chi connectivity index (χ4v) is 4.53. The van der Waals surface area contributed by atoms with Crippen LogP contribution in [0.3, 0.4) is 0 Å². The lowest BCUT2D eigenvalue weighted by Gasteiger charge is -2.33. The molecule has 1 fully saturated rings. The number of rotatable bonds is 6. The zero-order valence-electron chi connectivity index (χ0n) is 16.0. The first-order chi connectivity index (χ1) is 12.4. The predicted octanol–water partition coefficient (Wildman–Crippen LogP) is 4.10. The van der Waals surface area contributed by atoms with Crippen molar-refractivity contribution in [3.05, 3.63) is 71.3 Å². The number of hydrogen-bond acceptors (Lipinski definition) is 3. The van der Waals surface area contributed by atoms with Gasteiger partial charge in [-0.05, 0) is 48.9 Å². The first kappa shape index (κ1) is 21.9. The van der Waals surface area contributed by atoms with E-state index in [0.717, 1.165) is 25.2 Å². The van der Waals surface area contributed by atoms with E-state index >= 15 is 0 Å². The molecule has 0 spiro atoms. The van der Waals surface area contributed by atoms with Gasteiger partial charge in [0.15, 0.2) is 0 Å². The molecule has 2 atom stereocenters. The molecule has 0 saturated carbocycles. The summed E-state index contributed by atoms with van der Waals surface area (Å²) in [5, 5.41) is 0. The lowest BCUT2D eigenvalue weighted by molar-refractivity contribution is 0.200. The Morgan fingerprint density at radius 2 is 1.78 bits per heavy atom. The third kappa shape index (κ3) is 6.61. The van der Waals surface area contributed by atoms with Gasteiger partial charge >= 0.3 is 0 Å². The molecule has 1 heterocycles. The van der Waals surface area contributed by atoms with Crippen LogP contribution in [0.5, 0.6) is 0 Å². The van der Waals surface area contributed by atoms with Crippen LogP contribution < -0.4 is 4.72 Å². The minimum absolute atomic E-state index is 0. The van der Waals surface area contributed by atoms with Gasteiger partial charge in [-0.1, -0.05) is 54.6 Å². The minimum atomic E-state index is -3.20. The molecule has 2 aromatic rings. The molecule has 1 aliphatic heterocycles. The summed E-state index contributed by atoms with van der Waals surface area (Å²) in [5.74, 6) is 0.614. The largest absolute Gasteiger partial charge is 0.298 e. The Labute approximate surface area is 169 Å². The van der Waals surface area contributed by atoms with E-state index in [9.17, 15) is 8.42 Å². The van der Waals surface area contributed by atoms with Gasteiger partial charge < -0.3 is 0 Å².